The first-order valence-electron chi connectivity index (χ1n) is 24.4. The van der Waals surface area contributed by atoms with E-state index < -0.39 is 13.7 Å². The number of fused-ring (bicyclic) bond motifs is 1. The van der Waals surface area contributed by atoms with Crippen molar-refractivity contribution in [3.05, 3.63) is 166 Å². The second-order valence-corrected chi connectivity index (χ2v) is 19.9. The van der Waals surface area contributed by atoms with Crippen molar-refractivity contribution in [1.29, 1.82) is 0 Å². The second-order valence-electron chi connectivity index (χ2n) is 19.9. The zero-order valence-corrected chi connectivity index (χ0v) is 40.4. The number of phenolic OH excluding ortho intramolecular Hbond substituents is 1. The van der Waals surface area contributed by atoms with E-state index in [9.17, 15) is 5.11 Å². The minimum atomic E-state index is -2.53. The number of hydrogen-bond acceptors (Lipinski definition) is 3. The Hall–Kier alpha value is -5.57. The van der Waals surface area contributed by atoms with Gasteiger partial charge in [0.2, 0.25) is 0 Å². The number of aryl methyl sites for hydroxylation is 4. The number of imidazole rings is 1. The molecule has 0 atom stereocenters. The Kier molecular flexibility index (Phi) is 10.1. The Morgan fingerprint density at radius 2 is 1.21 bits per heavy atom. The fourth-order valence-electron chi connectivity index (χ4n) is 8.15. The van der Waals surface area contributed by atoms with Gasteiger partial charge < -0.3 is 5.11 Å². The minimum absolute atomic E-state index is 0. The number of aromatic nitrogens is 3. The molecule has 0 spiro atoms. The van der Waals surface area contributed by atoms with E-state index in [0.29, 0.717) is 39.4 Å². The standard InChI is InChI=1S/C58H60N3O.Pt/c1-35-17-19-39(20-18-35)41-23-24-59-50(33-41)44-28-43(31-45(32-44)56(5,6)7)48-15-14-16-52-53(48)60-55(49-26-36(2)25-38(4)54(49)62)61(52)51-22-21-40(27-37(51)3)42-29-46(57(8,9)10)34-47(30-42)58(11,12)13;/h14-27,29-34,62H,1-13H3;/q-1;/i1D3,3D3;. The summed E-state index contributed by atoms with van der Waals surface area (Å²) in [5, 5.41) is 11.8. The van der Waals surface area contributed by atoms with Gasteiger partial charge in [-0.15, -0.1) is 29.3 Å². The molecule has 0 fully saturated rings. The van der Waals surface area contributed by atoms with Crippen LogP contribution in [0.1, 0.15) is 109 Å². The maximum absolute atomic E-state index is 11.8. The van der Waals surface area contributed by atoms with Gasteiger partial charge >= 0.3 is 0 Å². The van der Waals surface area contributed by atoms with Crippen LogP contribution in [0.3, 0.4) is 0 Å². The third-order valence-corrected chi connectivity index (χ3v) is 11.9. The number of rotatable bonds is 6. The predicted octanol–water partition coefficient (Wildman–Crippen LogP) is 15.4. The van der Waals surface area contributed by atoms with Gasteiger partial charge in [-0.05, 0) is 124 Å². The summed E-state index contributed by atoms with van der Waals surface area (Å²) in [5.41, 5.74) is 13.6. The zero-order valence-electron chi connectivity index (χ0n) is 44.2. The summed E-state index contributed by atoms with van der Waals surface area (Å²) >= 11 is 0. The number of phenols is 1. The molecule has 4 nitrogen and oxygen atoms in total. The van der Waals surface area contributed by atoms with E-state index in [1.165, 1.54) is 11.1 Å². The molecule has 1 N–H and O–H groups in total. The van der Waals surface area contributed by atoms with Crippen molar-refractivity contribution in [2.75, 3.05) is 0 Å². The Balaban J connectivity index is 0.00000703. The molecule has 8 rings (SSSR count). The predicted molar refractivity (Wildman–Crippen MR) is 262 cm³/mol. The van der Waals surface area contributed by atoms with E-state index in [-0.39, 0.29) is 54.2 Å². The van der Waals surface area contributed by atoms with E-state index in [1.54, 1.807) is 24.4 Å². The topological polar surface area (TPSA) is 50.9 Å². The van der Waals surface area contributed by atoms with Crippen LogP contribution < -0.4 is 0 Å². The molecular weight excluding hydrogens is 950 g/mol. The van der Waals surface area contributed by atoms with Gasteiger partial charge in [0.05, 0.1) is 22.3 Å². The van der Waals surface area contributed by atoms with Crippen LogP contribution in [0, 0.1) is 33.6 Å². The van der Waals surface area contributed by atoms with Crippen molar-refractivity contribution in [3.8, 4) is 67.5 Å². The number of hydrogen-bond donors (Lipinski definition) is 1. The van der Waals surface area contributed by atoms with E-state index in [4.69, 9.17) is 18.2 Å². The number of aromatic hydroxyl groups is 1. The van der Waals surface area contributed by atoms with Gasteiger partial charge in [0, 0.05) is 41.2 Å². The molecule has 0 aliphatic heterocycles. The first kappa shape index (κ1) is 37.9. The molecule has 8 aromatic rings. The van der Waals surface area contributed by atoms with Crippen molar-refractivity contribution >= 4 is 11.0 Å². The molecule has 2 heterocycles. The summed E-state index contributed by atoms with van der Waals surface area (Å²) in [7, 11) is 0. The normalized spacial score (nSPS) is 14.0. The fraction of sp³-hybridized carbons (Fsp3) is 0.276. The van der Waals surface area contributed by atoms with E-state index in [0.717, 1.165) is 50.1 Å². The molecule has 0 aliphatic rings. The van der Waals surface area contributed by atoms with Crippen molar-refractivity contribution in [2.24, 2.45) is 0 Å². The van der Waals surface area contributed by atoms with Gasteiger partial charge in [0.15, 0.2) is 0 Å². The van der Waals surface area contributed by atoms with Crippen LogP contribution in [-0.2, 0) is 37.3 Å². The molecule has 63 heavy (non-hydrogen) atoms. The first-order valence-corrected chi connectivity index (χ1v) is 21.4. The summed E-state index contributed by atoms with van der Waals surface area (Å²) in [6, 6.07) is 40.8. The van der Waals surface area contributed by atoms with Gasteiger partial charge in [-0.3, -0.25) is 9.55 Å². The Labute approximate surface area is 398 Å². The van der Waals surface area contributed by atoms with Crippen molar-refractivity contribution in [2.45, 2.75) is 106 Å². The van der Waals surface area contributed by atoms with Crippen LogP contribution in [0.15, 0.2) is 121 Å². The number of pyridine rings is 1. The Morgan fingerprint density at radius 1 is 0.571 bits per heavy atom. The van der Waals surface area contributed by atoms with Crippen LogP contribution in [-0.4, -0.2) is 19.6 Å². The third-order valence-electron chi connectivity index (χ3n) is 11.9. The Morgan fingerprint density at radius 3 is 1.86 bits per heavy atom. The molecule has 0 radical (unpaired) electrons. The maximum Gasteiger partial charge on any atom is 0.148 e. The van der Waals surface area contributed by atoms with Gasteiger partial charge in [0.1, 0.15) is 11.6 Å². The zero-order chi connectivity index (χ0) is 49.5. The molecule has 0 unspecified atom stereocenters. The smallest absolute Gasteiger partial charge is 0.148 e. The van der Waals surface area contributed by atoms with Crippen LogP contribution in [0.25, 0.3) is 72.7 Å². The quantitative estimate of drug-likeness (QED) is 0.169. The summed E-state index contributed by atoms with van der Waals surface area (Å²) < 4.78 is 52.5. The summed E-state index contributed by atoms with van der Waals surface area (Å²) in [6.45, 7) is 18.7. The van der Waals surface area contributed by atoms with Gasteiger partial charge in [-0.1, -0.05) is 152 Å². The fourth-order valence-corrected chi connectivity index (χ4v) is 8.15. The second kappa shape index (κ2) is 16.9. The van der Waals surface area contributed by atoms with Gasteiger partial charge in [0.25, 0.3) is 0 Å². The number of nitrogens with zero attached hydrogens (tertiary/aromatic N) is 3. The molecule has 2 aromatic heterocycles. The van der Waals surface area contributed by atoms with Crippen LogP contribution in [0.5, 0.6) is 5.75 Å². The molecule has 0 saturated heterocycles. The summed E-state index contributed by atoms with van der Waals surface area (Å²) in [5.74, 6) is 0.475. The van der Waals surface area contributed by atoms with Crippen molar-refractivity contribution < 1.29 is 34.4 Å². The van der Waals surface area contributed by atoms with Crippen LogP contribution in [0.2, 0.25) is 0 Å². The van der Waals surface area contributed by atoms with E-state index in [1.807, 2.05) is 85.1 Å². The molecule has 0 amide bonds. The van der Waals surface area contributed by atoms with Crippen molar-refractivity contribution in [3.63, 3.8) is 0 Å². The first-order chi connectivity index (χ1) is 31.6. The molecule has 0 aliphatic carbocycles. The Bertz CT molecular complexity index is 3200. The van der Waals surface area contributed by atoms with Crippen LogP contribution >= 0.6 is 0 Å². The van der Waals surface area contributed by atoms with Gasteiger partial charge in [-0.2, -0.15) is 0 Å². The molecule has 0 bridgehead atoms. The minimum Gasteiger partial charge on any atom is -0.507 e. The van der Waals surface area contributed by atoms with Crippen LogP contribution in [0.4, 0.5) is 0 Å². The summed E-state index contributed by atoms with van der Waals surface area (Å²) in [4.78, 5) is 10.2. The average molecular weight is 1020 g/mol. The molecule has 6 aromatic carbocycles. The molecule has 0 saturated carbocycles. The average Bonchev–Trinajstić information content (AvgIpc) is 3.65. The largest absolute Gasteiger partial charge is 0.507 e. The van der Waals surface area contributed by atoms with E-state index in [2.05, 4.69) is 98.7 Å². The van der Waals surface area contributed by atoms with Crippen molar-refractivity contribution in [1.82, 2.24) is 14.5 Å². The SMILES string of the molecule is [2H]C([2H])([2H])c1ccc(-c2ccnc(-c3[c-]c(-c4cccc5c4nc(-c4cc(C)cc(C)c4O)n5-c4ccc(-c5cc(C(C)(C)C)cc(C(C)(C)C)c5)cc4C([2H])([2H])[2H])cc(C(C)(C)C)c3)c2)cc1.[Pt]. The number of para-hydroxylation sites is 1. The molecular formula is C58H60N3OPt-. The molecule has 324 valence electrons. The third kappa shape index (κ3) is 9.11. The molecule has 5 heteroatoms. The summed E-state index contributed by atoms with van der Waals surface area (Å²) in [6.07, 6.45) is 1.75. The monoisotopic (exact) mass is 1020 g/mol. The van der Waals surface area contributed by atoms with Gasteiger partial charge in [-0.25, -0.2) is 4.98 Å². The number of benzene rings is 6. The maximum atomic E-state index is 11.8. The van der Waals surface area contributed by atoms with E-state index >= 15 is 0 Å².